The highest BCUT2D eigenvalue weighted by Crippen LogP contribution is 2.26. The molecule has 0 N–H and O–H groups in total. The Morgan fingerprint density at radius 2 is 1.84 bits per heavy atom. The van der Waals surface area contributed by atoms with Crippen LogP contribution in [0.5, 0.6) is 0 Å². The van der Waals surface area contributed by atoms with Gasteiger partial charge in [-0.3, -0.25) is 14.6 Å². The Morgan fingerprint density at radius 1 is 1.16 bits per heavy atom. The molecule has 0 fully saturated rings. The van der Waals surface area contributed by atoms with Crippen molar-refractivity contribution >= 4 is 17.3 Å². The van der Waals surface area contributed by atoms with Crippen molar-refractivity contribution in [2.24, 2.45) is 0 Å². The highest BCUT2D eigenvalue weighted by molar-refractivity contribution is 7.07. The molecule has 0 aliphatic heterocycles. The third-order valence-corrected chi connectivity index (χ3v) is 4.76. The number of carbonyl (C=O) groups excluding carboxylic acids is 1. The SMILES string of the molecule is Cc1csc(=O)n1CCC(=O)OC(c1ccccc1)c1ccncc1. The minimum atomic E-state index is -0.489. The summed E-state index contributed by atoms with van der Waals surface area (Å²) in [6, 6.07) is 13.2. The molecule has 1 unspecified atom stereocenters. The van der Waals surface area contributed by atoms with Crippen LogP contribution in [-0.4, -0.2) is 15.5 Å². The number of carbonyl (C=O) groups is 1. The summed E-state index contributed by atoms with van der Waals surface area (Å²) in [5, 5.41) is 1.79. The molecule has 0 spiro atoms. The van der Waals surface area contributed by atoms with E-state index in [4.69, 9.17) is 4.74 Å². The lowest BCUT2D eigenvalue weighted by Gasteiger charge is -2.19. The molecule has 5 nitrogen and oxygen atoms in total. The Kier molecular flexibility index (Phi) is 5.40. The lowest BCUT2D eigenvalue weighted by Crippen LogP contribution is -2.19. The summed E-state index contributed by atoms with van der Waals surface area (Å²) in [6.45, 7) is 2.18. The standard InChI is InChI=1S/C19H18N2O3S/c1-14-13-25-19(23)21(14)12-9-17(22)24-18(15-5-3-2-4-6-15)16-7-10-20-11-8-16/h2-8,10-11,13,18H,9,12H2,1H3. The van der Waals surface area contributed by atoms with Crippen LogP contribution in [0.3, 0.4) is 0 Å². The van der Waals surface area contributed by atoms with E-state index in [0.717, 1.165) is 28.2 Å². The number of nitrogens with zero attached hydrogens (tertiary/aromatic N) is 2. The van der Waals surface area contributed by atoms with Gasteiger partial charge in [-0.2, -0.15) is 0 Å². The summed E-state index contributed by atoms with van der Waals surface area (Å²) in [5.74, 6) is -0.344. The summed E-state index contributed by atoms with van der Waals surface area (Å²) in [5.41, 5.74) is 2.61. The minimum absolute atomic E-state index is 0.0564. The highest BCUT2D eigenvalue weighted by atomic mass is 32.1. The van der Waals surface area contributed by atoms with Gasteiger partial charge in [0.2, 0.25) is 0 Å². The molecule has 0 aliphatic rings. The van der Waals surface area contributed by atoms with E-state index in [0.29, 0.717) is 6.54 Å². The van der Waals surface area contributed by atoms with E-state index in [1.165, 1.54) is 0 Å². The predicted molar refractivity (Wildman–Crippen MR) is 96.5 cm³/mol. The Morgan fingerprint density at radius 3 is 2.48 bits per heavy atom. The average Bonchev–Trinajstić information content (AvgIpc) is 2.97. The molecule has 1 aromatic carbocycles. The molecular weight excluding hydrogens is 336 g/mol. The van der Waals surface area contributed by atoms with Gasteiger partial charge in [0.15, 0.2) is 6.10 Å². The Labute approximate surface area is 149 Å². The molecular formula is C19H18N2O3S. The van der Waals surface area contributed by atoms with Gasteiger partial charge in [-0.25, -0.2) is 0 Å². The lowest BCUT2D eigenvalue weighted by atomic mass is 10.0. The molecule has 2 aromatic heterocycles. The van der Waals surface area contributed by atoms with Crippen LogP contribution in [0.2, 0.25) is 0 Å². The zero-order valence-corrected chi connectivity index (χ0v) is 14.6. The molecule has 128 valence electrons. The van der Waals surface area contributed by atoms with E-state index in [-0.39, 0.29) is 17.3 Å². The zero-order valence-electron chi connectivity index (χ0n) is 13.8. The van der Waals surface area contributed by atoms with Crippen molar-refractivity contribution in [1.82, 2.24) is 9.55 Å². The highest BCUT2D eigenvalue weighted by Gasteiger charge is 2.19. The third-order valence-electron chi connectivity index (χ3n) is 3.88. The fourth-order valence-corrected chi connectivity index (χ4v) is 3.32. The van der Waals surface area contributed by atoms with Crippen LogP contribution in [0.15, 0.2) is 65.0 Å². The Bertz CT molecular complexity index is 848. The molecule has 0 amide bonds. The van der Waals surface area contributed by atoms with Crippen molar-refractivity contribution in [3.63, 3.8) is 0 Å². The van der Waals surface area contributed by atoms with Gasteiger partial charge in [0.25, 0.3) is 0 Å². The van der Waals surface area contributed by atoms with E-state index in [2.05, 4.69) is 4.98 Å². The normalized spacial score (nSPS) is 11.9. The molecule has 2 heterocycles. The quantitative estimate of drug-likeness (QED) is 0.637. The maximum Gasteiger partial charge on any atom is 0.308 e. The van der Waals surface area contributed by atoms with Crippen LogP contribution in [0, 0.1) is 6.92 Å². The smallest absolute Gasteiger partial charge is 0.308 e. The summed E-state index contributed by atoms with van der Waals surface area (Å²) < 4.78 is 7.32. The first-order valence-electron chi connectivity index (χ1n) is 7.94. The molecule has 0 saturated heterocycles. The van der Waals surface area contributed by atoms with Crippen molar-refractivity contribution in [3.05, 3.63) is 86.7 Å². The second kappa shape index (κ2) is 7.90. The van der Waals surface area contributed by atoms with E-state index in [9.17, 15) is 9.59 Å². The van der Waals surface area contributed by atoms with Crippen molar-refractivity contribution in [1.29, 1.82) is 0 Å². The van der Waals surface area contributed by atoms with Gasteiger partial charge in [-0.15, -0.1) is 0 Å². The van der Waals surface area contributed by atoms with Gasteiger partial charge in [0.1, 0.15) is 0 Å². The van der Waals surface area contributed by atoms with Crippen LogP contribution in [-0.2, 0) is 16.1 Å². The van der Waals surface area contributed by atoms with Gasteiger partial charge >= 0.3 is 10.8 Å². The molecule has 0 saturated carbocycles. The van der Waals surface area contributed by atoms with E-state index < -0.39 is 6.10 Å². The molecule has 3 rings (SSSR count). The Hall–Kier alpha value is -2.73. The summed E-state index contributed by atoms with van der Waals surface area (Å²) in [4.78, 5) is 28.1. The van der Waals surface area contributed by atoms with Crippen molar-refractivity contribution in [2.75, 3.05) is 0 Å². The monoisotopic (exact) mass is 354 g/mol. The number of ether oxygens (including phenoxy) is 1. The largest absolute Gasteiger partial charge is 0.452 e. The van der Waals surface area contributed by atoms with Gasteiger partial charge < -0.3 is 9.30 Å². The first-order chi connectivity index (χ1) is 12.1. The molecule has 0 radical (unpaired) electrons. The number of esters is 1. The molecule has 25 heavy (non-hydrogen) atoms. The topological polar surface area (TPSA) is 61.2 Å². The molecule has 1 atom stereocenters. The number of aromatic nitrogens is 2. The summed E-state index contributed by atoms with van der Waals surface area (Å²) in [7, 11) is 0. The Balaban J connectivity index is 1.74. The third kappa shape index (κ3) is 4.22. The van der Waals surface area contributed by atoms with E-state index >= 15 is 0 Å². The first-order valence-corrected chi connectivity index (χ1v) is 8.82. The zero-order chi connectivity index (χ0) is 17.6. The maximum absolute atomic E-state index is 12.4. The van der Waals surface area contributed by atoms with Gasteiger partial charge in [-0.05, 0) is 24.6 Å². The van der Waals surface area contributed by atoms with Crippen LogP contribution in [0.25, 0.3) is 0 Å². The lowest BCUT2D eigenvalue weighted by molar-refractivity contribution is -0.147. The summed E-state index contributed by atoms with van der Waals surface area (Å²) in [6.07, 6.45) is 3.00. The first kappa shape index (κ1) is 17.1. The number of rotatable bonds is 6. The van der Waals surface area contributed by atoms with Crippen LogP contribution in [0.1, 0.15) is 29.3 Å². The van der Waals surface area contributed by atoms with Crippen molar-refractivity contribution in [2.45, 2.75) is 26.0 Å². The number of hydrogen-bond donors (Lipinski definition) is 0. The van der Waals surface area contributed by atoms with Gasteiger partial charge in [-0.1, -0.05) is 41.7 Å². The number of aryl methyl sites for hydroxylation is 1. The second-order valence-corrected chi connectivity index (χ2v) is 6.43. The van der Waals surface area contributed by atoms with Crippen LogP contribution >= 0.6 is 11.3 Å². The average molecular weight is 354 g/mol. The van der Waals surface area contributed by atoms with Crippen molar-refractivity contribution in [3.8, 4) is 0 Å². The second-order valence-electron chi connectivity index (χ2n) is 5.61. The molecule has 6 heteroatoms. The van der Waals surface area contributed by atoms with E-state index in [1.807, 2.05) is 49.4 Å². The molecule has 0 bridgehead atoms. The van der Waals surface area contributed by atoms with Crippen molar-refractivity contribution < 1.29 is 9.53 Å². The molecule has 3 aromatic rings. The predicted octanol–water partition coefficient (Wildman–Crippen LogP) is 3.34. The number of hydrogen-bond acceptors (Lipinski definition) is 5. The summed E-state index contributed by atoms with van der Waals surface area (Å²) >= 11 is 1.14. The fraction of sp³-hybridized carbons (Fsp3) is 0.211. The van der Waals surface area contributed by atoms with Crippen LogP contribution in [0.4, 0.5) is 0 Å². The van der Waals surface area contributed by atoms with Gasteiger partial charge in [0, 0.05) is 35.6 Å². The number of thiazole rings is 1. The molecule has 0 aliphatic carbocycles. The van der Waals surface area contributed by atoms with Gasteiger partial charge in [0.05, 0.1) is 6.42 Å². The minimum Gasteiger partial charge on any atom is -0.452 e. The number of pyridine rings is 1. The maximum atomic E-state index is 12.4. The fourth-order valence-electron chi connectivity index (χ4n) is 2.56. The van der Waals surface area contributed by atoms with E-state index in [1.54, 1.807) is 22.3 Å². The van der Waals surface area contributed by atoms with Crippen LogP contribution < -0.4 is 4.87 Å². The number of benzene rings is 1.